The number of thioether (sulfide) groups is 1. The third kappa shape index (κ3) is 4.29. The second kappa shape index (κ2) is 7.24. The summed E-state index contributed by atoms with van der Waals surface area (Å²) in [6.45, 7) is 2.32. The molecular formula is C18H16N2O2S. The molecule has 116 valence electrons. The molecule has 0 amide bonds. The van der Waals surface area contributed by atoms with E-state index in [1.807, 2.05) is 55.5 Å². The van der Waals surface area contributed by atoms with Gasteiger partial charge in [0.2, 0.25) is 0 Å². The lowest BCUT2D eigenvalue weighted by Crippen LogP contribution is -2.07. The summed E-state index contributed by atoms with van der Waals surface area (Å²) in [4.78, 5) is 20.6. The van der Waals surface area contributed by atoms with Gasteiger partial charge in [-0.3, -0.25) is 9.78 Å². The Morgan fingerprint density at radius 2 is 1.83 bits per heavy atom. The van der Waals surface area contributed by atoms with Crippen LogP contribution in [0.1, 0.15) is 11.1 Å². The van der Waals surface area contributed by atoms with E-state index >= 15 is 0 Å². The van der Waals surface area contributed by atoms with Gasteiger partial charge in [0.25, 0.3) is 0 Å². The molecule has 0 aliphatic carbocycles. The Labute approximate surface area is 138 Å². The van der Waals surface area contributed by atoms with E-state index in [-0.39, 0.29) is 11.7 Å². The van der Waals surface area contributed by atoms with Crippen LogP contribution in [0.3, 0.4) is 0 Å². The van der Waals surface area contributed by atoms with Crippen LogP contribution in [-0.4, -0.2) is 21.7 Å². The number of hydrogen-bond donors (Lipinski definition) is 0. The number of aromatic nitrogens is 2. The van der Waals surface area contributed by atoms with Gasteiger partial charge in [0.1, 0.15) is 11.6 Å². The molecule has 23 heavy (non-hydrogen) atoms. The Hall–Kier alpha value is -2.40. The van der Waals surface area contributed by atoms with Gasteiger partial charge in [-0.15, -0.1) is 0 Å². The summed E-state index contributed by atoms with van der Waals surface area (Å²) in [5.41, 5.74) is 3.84. The first-order valence-corrected chi connectivity index (χ1v) is 8.25. The third-order valence-corrected chi connectivity index (χ3v) is 4.16. The van der Waals surface area contributed by atoms with E-state index in [1.54, 1.807) is 6.20 Å². The number of benzene rings is 2. The Bertz CT molecular complexity index is 819. The molecule has 0 spiro atoms. The number of fused-ring (bicyclic) bond motifs is 1. The summed E-state index contributed by atoms with van der Waals surface area (Å²) >= 11 is 1.33. The number of aryl methyl sites for hydroxylation is 1. The standard InChI is InChI=1S/C18H16N2O2S/c1-13-6-8-14(9-7-13)11-22-18(21)12-23-17-10-19-15-4-2-3-5-16(15)20-17/h2-10H,11-12H2,1H3. The van der Waals surface area contributed by atoms with Crippen LogP contribution in [0.15, 0.2) is 59.8 Å². The molecule has 4 nitrogen and oxygen atoms in total. The van der Waals surface area contributed by atoms with E-state index in [2.05, 4.69) is 9.97 Å². The van der Waals surface area contributed by atoms with Crippen molar-refractivity contribution in [3.63, 3.8) is 0 Å². The first-order chi connectivity index (χ1) is 11.2. The smallest absolute Gasteiger partial charge is 0.316 e. The molecule has 0 atom stereocenters. The van der Waals surface area contributed by atoms with Gasteiger partial charge < -0.3 is 4.74 Å². The highest BCUT2D eigenvalue weighted by atomic mass is 32.2. The maximum absolute atomic E-state index is 11.8. The number of carbonyl (C=O) groups is 1. The topological polar surface area (TPSA) is 52.1 Å². The Morgan fingerprint density at radius 3 is 2.61 bits per heavy atom. The first kappa shape index (κ1) is 15.5. The largest absolute Gasteiger partial charge is 0.460 e. The van der Waals surface area contributed by atoms with E-state index in [0.717, 1.165) is 21.6 Å². The molecule has 0 N–H and O–H groups in total. The minimum atomic E-state index is -0.259. The lowest BCUT2D eigenvalue weighted by atomic mass is 10.2. The molecule has 0 unspecified atom stereocenters. The highest BCUT2D eigenvalue weighted by Crippen LogP contribution is 2.18. The summed E-state index contributed by atoms with van der Waals surface area (Å²) in [7, 11) is 0. The van der Waals surface area contributed by atoms with Crippen LogP contribution < -0.4 is 0 Å². The minimum Gasteiger partial charge on any atom is -0.460 e. The maximum atomic E-state index is 11.8. The average Bonchev–Trinajstić information content (AvgIpc) is 2.59. The maximum Gasteiger partial charge on any atom is 0.316 e. The fourth-order valence-corrected chi connectivity index (χ4v) is 2.67. The number of esters is 1. The minimum absolute atomic E-state index is 0.221. The summed E-state index contributed by atoms with van der Waals surface area (Å²) in [6, 6.07) is 15.6. The fraction of sp³-hybridized carbons (Fsp3) is 0.167. The molecular weight excluding hydrogens is 308 g/mol. The summed E-state index contributed by atoms with van der Waals surface area (Å²) < 4.78 is 5.27. The molecule has 5 heteroatoms. The Balaban J connectivity index is 1.52. The van der Waals surface area contributed by atoms with E-state index in [4.69, 9.17) is 4.74 Å². The van der Waals surface area contributed by atoms with Crippen molar-refractivity contribution in [3.8, 4) is 0 Å². The van der Waals surface area contributed by atoms with E-state index in [0.29, 0.717) is 6.61 Å². The predicted molar refractivity (Wildman–Crippen MR) is 91.2 cm³/mol. The molecule has 2 aromatic carbocycles. The molecule has 0 bridgehead atoms. The first-order valence-electron chi connectivity index (χ1n) is 7.26. The molecule has 3 aromatic rings. The van der Waals surface area contributed by atoms with E-state index < -0.39 is 0 Å². The van der Waals surface area contributed by atoms with Crippen LogP contribution in [0, 0.1) is 6.92 Å². The van der Waals surface area contributed by atoms with Gasteiger partial charge in [-0.2, -0.15) is 0 Å². The Kier molecular flexibility index (Phi) is 4.88. The number of rotatable bonds is 5. The number of hydrogen-bond acceptors (Lipinski definition) is 5. The molecule has 0 saturated heterocycles. The zero-order chi connectivity index (χ0) is 16.1. The number of ether oxygens (including phenoxy) is 1. The van der Waals surface area contributed by atoms with Crippen molar-refractivity contribution in [2.24, 2.45) is 0 Å². The van der Waals surface area contributed by atoms with Crippen molar-refractivity contribution in [2.45, 2.75) is 18.6 Å². The van der Waals surface area contributed by atoms with Crippen molar-refractivity contribution >= 4 is 28.8 Å². The lowest BCUT2D eigenvalue weighted by molar-refractivity contribution is -0.141. The van der Waals surface area contributed by atoms with Gasteiger partial charge in [0.05, 0.1) is 23.0 Å². The van der Waals surface area contributed by atoms with Crippen LogP contribution in [0.25, 0.3) is 11.0 Å². The lowest BCUT2D eigenvalue weighted by Gasteiger charge is -2.05. The number of para-hydroxylation sites is 2. The van der Waals surface area contributed by atoms with Crippen molar-refractivity contribution in [1.82, 2.24) is 9.97 Å². The van der Waals surface area contributed by atoms with Crippen molar-refractivity contribution in [3.05, 3.63) is 65.9 Å². The number of nitrogens with zero attached hydrogens (tertiary/aromatic N) is 2. The van der Waals surface area contributed by atoms with E-state index in [9.17, 15) is 4.79 Å². The molecule has 0 saturated carbocycles. The van der Waals surface area contributed by atoms with Gasteiger partial charge in [0.15, 0.2) is 0 Å². The average molecular weight is 324 g/mol. The summed E-state index contributed by atoms with van der Waals surface area (Å²) in [5, 5.41) is 0.719. The van der Waals surface area contributed by atoms with Gasteiger partial charge in [0, 0.05) is 0 Å². The van der Waals surface area contributed by atoms with Gasteiger partial charge in [-0.05, 0) is 24.6 Å². The molecule has 0 radical (unpaired) electrons. The van der Waals surface area contributed by atoms with Crippen molar-refractivity contribution in [2.75, 3.05) is 5.75 Å². The van der Waals surface area contributed by atoms with Crippen molar-refractivity contribution in [1.29, 1.82) is 0 Å². The quantitative estimate of drug-likeness (QED) is 0.528. The third-order valence-electron chi connectivity index (χ3n) is 3.28. The monoisotopic (exact) mass is 324 g/mol. The van der Waals surface area contributed by atoms with Crippen LogP contribution in [0.5, 0.6) is 0 Å². The second-order valence-corrected chi connectivity index (χ2v) is 6.13. The predicted octanol–water partition coefficient (Wildman–Crippen LogP) is 3.77. The molecule has 1 heterocycles. The highest BCUT2D eigenvalue weighted by molar-refractivity contribution is 7.99. The highest BCUT2D eigenvalue weighted by Gasteiger charge is 2.07. The van der Waals surface area contributed by atoms with Crippen molar-refractivity contribution < 1.29 is 9.53 Å². The number of carbonyl (C=O) groups excluding carboxylic acids is 1. The summed E-state index contributed by atoms with van der Waals surface area (Å²) in [5.74, 6) is -0.0377. The van der Waals surface area contributed by atoms with Gasteiger partial charge in [-0.25, -0.2) is 4.98 Å². The SMILES string of the molecule is Cc1ccc(COC(=O)CSc2cnc3ccccc3n2)cc1. The molecule has 0 aliphatic rings. The summed E-state index contributed by atoms with van der Waals surface area (Å²) in [6.07, 6.45) is 1.68. The van der Waals surface area contributed by atoms with Crippen LogP contribution in [0.4, 0.5) is 0 Å². The zero-order valence-electron chi connectivity index (χ0n) is 12.7. The zero-order valence-corrected chi connectivity index (χ0v) is 13.5. The molecule has 1 aromatic heterocycles. The Morgan fingerprint density at radius 1 is 1.09 bits per heavy atom. The molecule has 3 rings (SSSR count). The van der Waals surface area contributed by atoms with Crippen LogP contribution in [-0.2, 0) is 16.1 Å². The second-order valence-electron chi connectivity index (χ2n) is 5.13. The normalized spacial score (nSPS) is 10.7. The fourth-order valence-electron chi connectivity index (χ4n) is 2.03. The van der Waals surface area contributed by atoms with E-state index in [1.165, 1.54) is 17.3 Å². The molecule has 0 aliphatic heterocycles. The van der Waals surface area contributed by atoms with Gasteiger partial charge in [-0.1, -0.05) is 53.7 Å². The van der Waals surface area contributed by atoms with Gasteiger partial charge >= 0.3 is 5.97 Å². The van der Waals surface area contributed by atoms with Crippen LogP contribution in [0.2, 0.25) is 0 Å². The molecule has 0 fully saturated rings. The van der Waals surface area contributed by atoms with Crippen LogP contribution >= 0.6 is 11.8 Å².